The smallest absolute Gasteiger partial charge is 0.0634 e. The summed E-state index contributed by atoms with van der Waals surface area (Å²) < 4.78 is 4.97. The molecule has 15 heavy (non-hydrogen) atoms. The average Bonchev–Trinajstić information content (AvgIpc) is 2.55. The number of rotatable bonds is 2. The number of aryl methyl sites for hydroxylation is 1. The molecule has 0 aromatic carbocycles. The highest BCUT2D eigenvalue weighted by Gasteiger charge is 2.32. The van der Waals surface area contributed by atoms with Gasteiger partial charge < -0.3 is 0 Å². The van der Waals surface area contributed by atoms with E-state index in [0.717, 1.165) is 0 Å². The van der Waals surface area contributed by atoms with Crippen molar-refractivity contribution >= 4 is 46.0 Å². The highest BCUT2D eigenvalue weighted by molar-refractivity contribution is 14.1. The van der Waals surface area contributed by atoms with Gasteiger partial charge in [0.15, 0.2) is 0 Å². The van der Waals surface area contributed by atoms with Gasteiger partial charge in [0, 0.05) is 33.3 Å². The first-order valence-electron chi connectivity index (χ1n) is 5.12. The van der Waals surface area contributed by atoms with Crippen LogP contribution in [-0.2, 0) is 12.8 Å². The van der Waals surface area contributed by atoms with Gasteiger partial charge in [-0.05, 0) is 50.5 Å². The molecule has 0 radical (unpaired) electrons. The Morgan fingerprint density at radius 2 is 2.20 bits per heavy atom. The molecule has 1 aliphatic carbocycles. The normalized spacial score (nSPS) is 25.3. The average molecular weight is 353 g/mol. The summed E-state index contributed by atoms with van der Waals surface area (Å²) >= 11 is 6.18. The maximum absolute atomic E-state index is 3.45. The molecule has 2 rings (SSSR count). The maximum Gasteiger partial charge on any atom is 0.0634 e. The molecule has 1 unspecified atom stereocenters. The lowest BCUT2D eigenvalue weighted by Crippen LogP contribution is -2.41. The molecule has 0 fully saturated rings. The Morgan fingerprint density at radius 1 is 1.47 bits per heavy atom. The molecule has 4 heteroatoms. The molecule has 1 nitrogen and oxygen atoms in total. The van der Waals surface area contributed by atoms with Crippen LogP contribution in [0.5, 0.6) is 0 Å². The Labute approximate surface area is 114 Å². The molecule has 1 N–H and O–H groups in total. The van der Waals surface area contributed by atoms with Gasteiger partial charge in [-0.2, -0.15) is 0 Å². The van der Waals surface area contributed by atoms with Crippen LogP contribution in [0.25, 0.3) is 0 Å². The van der Waals surface area contributed by atoms with Crippen LogP contribution in [0.1, 0.15) is 29.3 Å². The lowest BCUT2D eigenvalue weighted by atomic mass is 9.81. The van der Waals surface area contributed by atoms with Gasteiger partial charge in [-0.25, -0.2) is 0 Å². The fourth-order valence-corrected chi connectivity index (χ4v) is 4.78. The van der Waals surface area contributed by atoms with Crippen molar-refractivity contribution in [3.63, 3.8) is 0 Å². The van der Waals surface area contributed by atoms with Crippen molar-refractivity contribution in [1.29, 1.82) is 0 Å². The van der Waals surface area contributed by atoms with Crippen LogP contribution in [-0.4, -0.2) is 11.8 Å². The first kappa shape index (κ1) is 12.2. The van der Waals surface area contributed by atoms with E-state index in [4.69, 9.17) is 0 Å². The lowest BCUT2D eigenvalue weighted by Gasteiger charge is -2.33. The Kier molecular flexibility index (Phi) is 3.70. The predicted octanol–water partition coefficient (Wildman–Crippen LogP) is 3.97. The SMILES string of the molecule is CSc1sc(C)c2c1CC(C)(NI)CC2. The number of hydrogen-bond donors (Lipinski definition) is 1. The minimum absolute atomic E-state index is 0.297. The largest absolute Gasteiger partial charge is 0.255 e. The van der Waals surface area contributed by atoms with Gasteiger partial charge in [-0.15, -0.1) is 23.1 Å². The van der Waals surface area contributed by atoms with E-state index in [1.54, 1.807) is 11.1 Å². The standard InChI is InChI=1S/C11H16INS2/c1-7-8-4-5-11(2,13-12)6-9(8)10(14-3)15-7/h13H,4-6H2,1-3H3. The zero-order valence-electron chi connectivity index (χ0n) is 9.32. The Balaban J connectivity index is 2.39. The number of hydrogen-bond acceptors (Lipinski definition) is 3. The Bertz CT molecular complexity index is 375. The third kappa shape index (κ3) is 2.23. The summed E-state index contributed by atoms with van der Waals surface area (Å²) in [5.41, 5.74) is 3.54. The first-order chi connectivity index (χ1) is 7.09. The third-order valence-corrected chi connectivity index (χ3v) is 6.84. The molecule has 1 heterocycles. The van der Waals surface area contributed by atoms with Crippen molar-refractivity contribution in [1.82, 2.24) is 3.53 Å². The number of nitrogens with one attached hydrogen (secondary N) is 1. The van der Waals surface area contributed by atoms with Crippen LogP contribution in [0, 0.1) is 6.92 Å². The summed E-state index contributed by atoms with van der Waals surface area (Å²) in [5.74, 6) is 0. The van der Waals surface area contributed by atoms with E-state index >= 15 is 0 Å². The van der Waals surface area contributed by atoms with Gasteiger partial charge in [-0.1, -0.05) is 0 Å². The van der Waals surface area contributed by atoms with Crippen LogP contribution in [0.15, 0.2) is 4.21 Å². The molecule has 0 saturated heterocycles. The molecule has 0 spiro atoms. The van der Waals surface area contributed by atoms with Crippen LogP contribution >= 0.6 is 46.0 Å². The fourth-order valence-electron chi connectivity index (χ4n) is 2.23. The highest BCUT2D eigenvalue weighted by Crippen LogP contribution is 2.41. The zero-order chi connectivity index (χ0) is 11.1. The second-order valence-electron chi connectivity index (χ2n) is 4.44. The van der Waals surface area contributed by atoms with E-state index in [2.05, 4.69) is 46.5 Å². The molecular formula is C11H16INS2. The third-order valence-electron chi connectivity index (χ3n) is 3.19. The van der Waals surface area contributed by atoms with Gasteiger partial charge in [-0.3, -0.25) is 3.53 Å². The summed E-state index contributed by atoms with van der Waals surface area (Å²) in [6.07, 6.45) is 5.87. The van der Waals surface area contributed by atoms with E-state index in [1.807, 2.05) is 23.1 Å². The highest BCUT2D eigenvalue weighted by atomic mass is 127. The topological polar surface area (TPSA) is 12.0 Å². The maximum atomic E-state index is 3.45. The van der Waals surface area contributed by atoms with Crippen LogP contribution in [0.3, 0.4) is 0 Å². The molecule has 1 atom stereocenters. The molecule has 0 amide bonds. The summed E-state index contributed by atoms with van der Waals surface area (Å²) in [6, 6.07) is 0. The van der Waals surface area contributed by atoms with E-state index in [-0.39, 0.29) is 0 Å². The lowest BCUT2D eigenvalue weighted by molar-refractivity contribution is 0.388. The van der Waals surface area contributed by atoms with Crippen molar-refractivity contribution in [3.05, 3.63) is 16.0 Å². The van der Waals surface area contributed by atoms with Gasteiger partial charge >= 0.3 is 0 Å². The molecule has 1 aromatic rings. The Hall–Kier alpha value is 0.740. The van der Waals surface area contributed by atoms with Gasteiger partial charge in [0.2, 0.25) is 0 Å². The monoisotopic (exact) mass is 353 g/mol. The molecule has 84 valence electrons. The summed E-state index contributed by atoms with van der Waals surface area (Å²) in [6.45, 7) is 4.60. The summed E-state index contributed by atoms with van der Waals surface area (Å²) in [4.78, 5) is 1.53. The quantitative estimate of drug-likeness (QED) is 0.491. The number of fused-ring (bicyclic) bond motifs is 1. The zero-order valence-corrected chi connectivity index (χ0v) is 13.1. The predicted molar refractivity (Wildman–Crippen MR) is 78.4 cm³/mol. The molecule has 1 aromatic heterocycles. The molecule has 0 aliphatic heterocycles. The van der Waals surface area contributed by atoms with Crippen LogP contribution < -0.4 is 3.53 Å². The van der Waals surface area contributed by atoms with Crippen molar-refractivity contribution in [2.45, 2.75) is 42.9 Å². The molecule has 0 saturated carbocycles. The fraction of sp³-hybridized carbons (Fsp3) is 0.636. The van der Waals surface area contributed by atoms with Crippen LogP contribution in [0.4, 0.5) is 0 Å². The van der Waals surface area contributed by atoms with Crippen molar-refractivity contribution in [2.24, 2.45) is 0 Å². The van der Waals surface area contributed by atoms with Crippen molar-refractivity contribution in [3.8, 4) is 0 Å². The van der Waals surface area contributed by atoms with Gasteiger partial charge in [0.25, 0.3) is 0 Å². The van der Waals surface area contributed by atoms with Crippen molar-refractivity contribution < 1.29 is 0 Å². The second-order valence-corrected chi connectivity index (χ2v) is 7.28. The first-order valence-corrected chi connectivity index (χ1v) is 8.24. The van der Waals surface area contributed by atoms with E-state index in [0.29, 0.717) is 5.54 Å². The molecular weight excluding hydrogens is 337 g/mol. The van der Waals surface area contributed by atoms with Crippen LogP contribution in [0.2, 0.25) is 0 Å². The van der Waals surface area contributed by atoms with Gasteiger partial charge in [0.05, 0.1) is 4.21 Å². The number of halogens is 1. The Morgan fingerprint density at radius 3 is 2.80 bits per heavy atom. The van der Waals surface area contributed by atoms with Crippen molar-refractivity contribution in [2.75, 3.05) is 6.26 Å². The summed E-state index contributed by atoms with van der Waals surface area (Å²) in [5, 5.41) is 0. The minimum Gasteiger partial charge on any atom is -0.255 e. The molecule has 1 aliphatic rings. The summed E-state index contributed by atoms with van der Waals surface area (Å²) in [7, 11) is 0. The van der Waals surface area contributed by atoms with E-state index in [1.165, 1.54) is 28.3 Å². The van der Waals surface area contributed by atoms with E-state index < -0.39 is 0 Å². The number of thiophene rings is 1. The molecule has 0 bridgehead atoms. The second kappa shape index (κ2) is 4.55. The van der Waals surface area contributed by atoms with Gasteiger partial charge in [0.1, 0.15) is 0 Å². The number of thioether (sulfide) groups is 1. The van der Waals surface area contributed by atoms with E-state index in [9.17, 15) is 0 Å². The minimum atomic E-state index is 0.297.